The zero-order chi connectivity index (χ0) is 17.0. The summed E-state index contributed by atoms with van der Waals surface area (Å²) in [5.74, 6) is 0.132. The largest absolute Gasteiger partial charge is 0.401 e. The SMILES string of the molecule is CC(C)NC(=O)[C@@H]1CCC[C@H](N[C@@H]2CCN(CC(F)(F)F)C2)C1. The molecule has 0 aromatic heterocycles. The number of alkyl halides is 3. The van der Waals surface area contributed by atoms with Crippen molar-refractivity contribution >= 4 is 5.91 Å². The molecular formula is C16H28F3N3O. The molecule has 2 aliphatic rings. The first-order valence-corrected chi connectivity index (χ1v) is 8.58. The summed E-state index contributed by atoms with van der Waals surface area (Å²) in [7, 11) is 0. The Hall–Kier alpha value is -0.820. The molecule has 1 saturated carbocycles. The summed E-state index contributed by atoms with van der Waals surface area (Å²) in [4.78, 5) is 13.6. The highest BCUT2D eigenvalue weighted by molar-refractivity contribution is 5.79. The average molecular weight is 335 g/mol. The normalized spacial score (nSPS) is 29.9. The van der Waals surface area contributed by atoms with E-state index >= 15 is 0 Å². The van der Waals surface area contributed by atoms with E-state index < -0.39 is 12.7 Å². The van der Waals surface area contributed by atoms with Crippen molar-refractivity contribution < 1.29 is 18.0 Å². The van der Waals surface area contributed by atoms with Crippen molar-refractivity contribution in [3.05, 3.63) is 0 Å². The maximum atomic E-state index is 12.4. The predicted octanol–water partition coefficient (Wildman–Crippen LogP) is 2.30. The van der Waals surface area contributed by atoms with Crippen LogP contribution in [0.4, 0.5) is 13.2 Å². The third-order valence-electron chi connectivity index (χ3n) is 4.62. The molecule has 0 spiro atoms. The molecule has 0 aromatic carbocycles. The zero-order valence-electron chi connectivity index (χ0n) is 14.0. The standard InChI is InChI=1S/C16H28F3N3O/c1-11(2)20-15(23)12-4-3-5-13(8-12)21-14-6-7-22(9-14)10-16(17,18)19/h11-14,21H,3-10H2,1-2H3,(H,20,23)/t12-,13+,14-/m1/s1. The van der Waals surface area contributed by atoms with Gasteiger partial charge in [-0.3, -0.25) is 9.69 Å². The van der Waals surface area contributed by atoms with Gasteiger partial charge in [-0.25, -0.2) is 0 Å². The van der Waals surface area contributed by atoms with Crippen LogP contribution in [0.5, 0.6) is 0 Å². The second kappa shape index (κ2) is 7.83. The molecule has 2 N–H and O–H groups in total. The molecule has 1 heterocycles. The number of carbonyl (C=O) groups excluding carboxylic acids is 1. The molecule has 2 rings (SSSR count). The number of amides is 1. The van der Waals surface area contributed by atoms with E-state index in [0.29, 0.717) is 13.1 Å². The highest BCUT2D eigenvalue weighted by atomic mass is 19.4. The fourth-order valence-corrected chi connectivity index (χ4v) is 3.68. The van der Waals surface area contributed by atoms with Crippen LogP contribution in [0.1, 0.15) is 46.0 Å². The van der Waals surface area contributed by atoms with Gasteiger partial charge in [0, 0.05) is 37.1 Å². The van der Waals surface area contributed by atoms with Crippen LogP contribution in [0, 0.1) is 5.92 Å². The van der Waals surface area contributed by atoms with E-state index in [1.54, 1.807) is 0 Å². The van der Waals surface area contributed by atoms with E-state index in [-0.39, 0.29) is 30.0 Å². The highest BCUT2D eigenvalue weighted by Crippen LogP contribution is 2.26. The van der Waals surface area contributed by atoms with Gasteiger partial charge in [-0.15, -0.1) is 0 Å². The van der Waals surface area contributed by atoms with Crippen LogP contribution in [-0.4, -0.2) is 54.7 Å². The molecular weight excluding hydrogens is 307 g/mol. The predicted molar refractivity (Wildman–Crippen MR) is 83.1 cm³/mol. The molecule has 0 radical (unpaired) electrons. The van der Waals surface area contributed by atoms with Crippen LogP contribution < -0.4 is 10.6 Å². The van der Waals surface area contributed by atoms with Crippen molar-refractivity contribution in [2.75, 3.05) is 19.6 Å². The van der Waals surface area contributed by atoms with Gasteiger partial charge in [0.25, 0.3) is 0 Å². The molecule has 1 aliphatic heterocycles. The van der Waals surface area contributed by atoms with Crippen LogP contribution >= 0.6 is 0 Å². The maximum absolute atomic E-state index is 12.4. The average Bonchev–Trinajstić information content (AvgIpc) is 2.83. The van der Waals surface area contributed by atoms with Gasteiger partial charge in [-0.1, -0.05) is 6.42 Å². The van der Waals surface area contributed by atoms with Crippen LogP contribution in [0.2, 0.25) is 0 Å². The van der Waals surface area contributed by atoms with Crippen molar-refractivity contribution in [2.24, 2.45) is 5.92 Å². The highest BCUT2D eigenvalue weighted by Gasteiger charge is 2.35. The topological polar surface area (TPSA) is 44.4 Å². The van der Waals surface area contributed by atoms with E-state index in [1.807, 2.05) is 13.8 Å². The van der Waals surface area contributed by atoms with Crippen LogP contribution in [-0.2, 0) is 4.79 Å². The summed E-state index contributed by atoms with van der Waals surface area (Å²) in [6, 6.07) is 0.485. The number of hydrogen-bond donors (Lipinski definition) is 2. The molecule has 1 amide bonds. The lowest BCUT2D eigenvalue weighted by molar-refractivity contribution is -0.143. The summed E-state index contributed by atoms with van der Waals surface area (Å²) in [6.45, 7) is 4.00. The fourth-order valence-electron chi connectivity index (χ4n) is 3.68. The first-order chi connectivity index (χ1) is 10.7. The van der Waals surface area contributed by atoms with Gasteiger partial charge >= 0.3 is 6.18 Å². The van der Waals surface area contributed by atoms with Gasteiger partial charge < -0.3 is 10.6 Å². The lowest BCUT2D eigenvalue weighted by atomic mass is 9.84. The smallest absolute Gasteiger partial charge is 0.354 e. The molecule has 134 valence electrons. The Kier molecular flexibility index (Phi) is 6.31. The monoisotopic (exact) mass is 335 g/mol. The number of halogens is 3. The molecule has 4 nitrogen and oxygen atoms in total. The molecule has 1 aliphatic carbocycles. The first kappa shape index (κ1) is 18.5. The minimum atomic E-state index is -4.13. The molecule has 0 unspecified atom stereocenters. The molecule has 0 bridgehead atoms. The summed E-state index contributed by atoms with van der Waals surface area (Å²) < 4.78 is 37.3. The van der Waals surface area contributed by atoms with Crippen molar-refractivity contribution in [3.63, 3.8) is 0 Å². The van der Waals surface area contributed by atoms with Crippen LogP contribution in [0.15, 0.2) is 0 Å². The number of nitrogens with one attached hydrogen (secondary N) is 2. The summed E-state index contributed by atoms with van der Waals surface area (Å²) in [6.07, 6.45) is 0.305. The second-order valence-electron chi connectivity index (χ2n) is 7.23. The van der Waals surface area contributed by atoms with Gasteiger partial charge in [-0.05, 0) is 39.5 Å². The van der Waals surface area contributed by atoms with Crippen molar-refractivity contribution in [2.45, 2.75) is 70.3 Å². The molecule has 23 heavy (non-hydrogen) atoms. The second-order valence-corrected chi connectivity index (χ2v) is 7.23. The van der Waals surface area contributed by atoms with E-state index in [4.69, 9.17) is 0 Å². The lowest BCUT2D eigenvalue weighted by Gasteiger charge is -2.31. The summed E-state index contributed by atoms with van der Waals surface area (Å²) in [5, 5.41) is 6.44. The third-order valence-corrected chi connectivity index (χ3v) is 4.62. The molecule has 2 fully saturated rings. The summed E-state index contributed by atoms with van der Waals surface area (Å²) in [5.41, 5.74) is 0. The van der Waals surface area contributed by atoms with E-state index in [0.717, 1.165) is 32.1 Å². The fraction of sp³-hybridized carbons (Fsp3) is 0.938. The molecule has 0 aromatic rings. The minimum Gasteiger partial charge on any atom is -0.354 e. The van der Waals surface area contributed by atoms with Gasteiger partial charge in [0.05, 0.1) is 6.54 Å². The van der Waals surface area contributed by atoms with Crippen LogP contribution in [0.3, 0.4) is 0 Å². The minimum absolute atomic E-state index is 0.0244. The Morgan fingerprint density at radius 2 is 1.96 bits per heavy atom. The van der Waals surface area contributed by atoms with Gasteiger partial charge in [0.15, 0.2) is 0 Å². The Labute approximate surface area is 136 Å². The Morgan fingerprint density at radius 1 is 1.22 bits per heavy atom. The number of nitrogens with zero attached hydrogens (tertiary/aromatic N) is 1. The van der Waals surface area contributed by atoms with Gasteiger partial charge in [0.1, 0.15) is 0 Å². The molecule has 1 saturated heterocycles. The zero-order valence-corrected chi connectivity index (χ0v) is 14.0. The third kappa shape index (κ3) is 6.30. The Morgan fingerprint density at radius 3 is 2.61 bits per heavy atom. The number of carbonyl (C=O) groups is 1. The molecule has 7 heteroatoms. The van der Waals surface area contributed by atoms with Gasteiger partial charge in [0.2, 0.25) is 5.91 Å². The number of likely N-dealkylation sites (tertiary alicyclic amines) is 1. The number of rotatable bonds is 5. The lowest BCUT2D eigenvalue weighted by Crippen LogP contribution is -2.46. The van der Waals surface area contributed by atoms with E-state index in [1.165, 1.54) is 4.90 Å². The molecule has 3 atom stereocenters. The van der Waals surface area contributed by atoms with Crippen molar-refractivity contribution in [1.29, 1.82) is 0 Å². The van der Waals surface area contributed by atoms with Crippen LogP contribution in [0.25, 0.3) is 0 Å². The maximum Gasteiger partial charge on any atom is 0.401 e. The summed E-state index contributed by atoms with van der Waals surface area (Å²) >= 11 is 0. The Bertz CT molecular complexity index is 401. The number of hydrogen-bond acceptors (Lipinski definition) is 3. The van der Waals surface area contributed by atoms with Crippen molar-refractivity contribution in [3.8, 4) is 0 Å². The Balaban J connectivity index is 1.76. The van der Waals surface area contributed by atoms with Crippen molar-refractivity contribution in [1.82, 2.24) is 15.5 Å². The van der Waals surface area contributed by atoms with E-state index in [9.17, 15) is 18.0 Å². The van der Waals surface area contributed by atoms with Gasteiger partial charge in [-0.2, -0.15) is 13.2 Å². The van der Waals surface area contributed by atoms with E-state index in [2.05, 4.69) is 10.6 Å². The first-order valence-electron chi connectivity index (χ1n) is 8.58. The quantitative estimate of drug-likeness (QED) is 0.810.